The zero-order valence-corrected chi connectivity index (χ0v) is 9.31. The van der Waals surface area contributed by atoms with Gasteiger partial charge in [-0.2, -0.15) is 24.9 Å². The second-order valence-corrected chi connectivity index (χ2v) is 4.91. The fourth-order valence-electron chi connectivity index (χ4n) is 1.38. The number of aliphatic carboxylic acids is 1. The number of alkyl halides is 3. The van der Waals surface area contributed by atoms with Gasteiger partial charge < -0.3 is 9.84 Å². The van der Waals surface area contributed by atoms with Crippen molar-refractivity contribution >= 4 is 17.7 Å². The average Bonchev–Trinajstić information content (AvgIpc) is 2.17. The van der Waals surface area contributed by atoms with Crippen molar-refractivity contribution in [2.75, 3.05) is 19.0 Å². The minimum atomic E-state index is -4.66. The summed E-state index contributed by atoms with van der Waals surface area (Å²) in [6.07, 6.45) is -3.28. The number of halogens is 3. The Balaban J connectivity index is 2.40. The van der Waals surface area contributed by atoms with Gasteiger partial charge in [-0.15, -0.1) is 0 Å². The second-order valence-electron chi connectivity index (χ2n) is 3.58. The Kier molecular flexibility index (Phi) is 4.91. The molecule has 1 fully saturated rings. The highest BCUT2D eigenvalue weighted by Gasteiger charge is 2.45. The predicted molar refractivity (Wildman–Crippen MR) is 53.5 cm³/mol. The van der Waals surface area contributed by atoms with E-state index in [2.05, 4.69) is 0 Å². The summed E-state index contributed by atoms with van der Waals surface area (Å²) in [4.78, 5) is 10.5. The lowest BCUT2D eigenvalue weighted by atomic mass is 10.2. The van der Waals surface area contributed by atoms with Crippen molar-refractivity contribution in [1.82, 2.24) is 0 Å². The van der Waals surface area contributed by atoms with Crippen LogP contribution in [0.1, 0.15) is 12.8 Å². The topological polar surface area (TPSA) is 46.5 Å². The first-order chi connectivity index (χ1) is 7.41. The fourth-order valence-corrected chi connectivity index (χ4v) is 2.70. The summed E-state index contributed by atoms with van der Waals surface area (Å²) < 4.78 is 42.0. The van der Waals surface area contributed by atoms with Crippen LogP contribution in [0.15, 0.2) is 0 Å². The van der Waals surface area contributed by atoms with E-state index in [1.54, 1.807) is 0 Å². The second kappa shape index (κ2) is 5.77. The van der Waals surface area contributed by atoms with Crippen molar-refractivity contribution < 1.29 is 27.8 Å². The third kappa shape index (κ3) is 4.21. The van der Waals surface area contributed by atoms with Crippen molar-refractivity contribution in [3.05, 3.63) is 0 Å². The quantitative estimate of drug-likeness (QED) is 0.839. The Bertz CT molecular complexity index is 239. The monoisotopic (exact) mass is 258 g/mol. The van der Waals surface area contributed by atoms with E-state index in [-0.39, 0.29) is 5.25 Å². The number of thioether (sulfide) groups is 1. The van der Waals surface area contributed by atoms with E-state index in [1.807, 2.05) is 0 Å². The molecule has 0 radical (unpaired) electrons. The Morgan fingerprint density at radius 1 is 1.44 bits per heavy atom. The van der Waals surface area contributed by atoms with Gasteiger partial charge in [-0.25, -0.2) is 0 Å². The smallest absolute Gasteiger partial charge is 0.403 e. The molecule has 1 atom stereocenters. The summed E-state index contributed by atoms with van der Waals surface area (Å²) in [5.74, 6) is -4.48. The van der Waals surface area contributed by atoms with Crippen LogP contribution in [0.4, 0.5) is 13.2 Å². The molecule has 16 heavy (non-hydrogen) atoms. The third-order valence-electron chi connectivity index (χ3n) is 2.36. The number of carbonyl (C=O) groups is 1. The predicted octanol–water partition coefficient (Wildman–Crippen LogP) is 2.16. The highest BCUT2D eigenvalue weighted by Crippen LogP contribution is 2.32. The Hall–Kier alpha value is -0.430. The van der Waals surface area contributed by atoms with E-state index in [4.69, 9.17) is 9.84 Å². The molecule has 1 rings (SSSR count). The number of rotatable bonds is 4. The normalized spacial score (nSPS) is 20.7. The zero-order chi connectivity index (χ0) is 12.2. The molecule has 1 N–H and O–H groups in total. The maximum Gasteiger partial charge on any atom is 0.403 e. The summed E-state index contributed by atoms with van der Waals surface area (Å²) in [7, 11) is 0. The molecule has 0 aromatic rings. The highest BCUT2D eigenvalue weighted by atomic mass is 32.2. The van der Waals surface area contributed by atoms with Crippen molar-refractivity contribution in [2.24, 2.45) is 5.92 Å². The first-order valence-electron chi connectivity index (χ1n) is 4.90. The lowest BCUT2D eigenvalue weighted by Gasteiger charge is -2.23. The minimum absolute atomic E-state index is 0.0814. The number of ether oxygens (including phenoxy) is 1. The number of carboxylic acid groups (broad SMARTS) is 1. The number of carboxylic acids is 1. The fraction of sp³-hybridized carbons (Fsp3) is 0.889. The number of hydrogen-bond donors (Lipinski definition) is 1. The van der Waals surface area contributed by atoms with Crippen molar-refractivity contribution in [3.8, 4) is 0 Å². The van der Waals surface area contributed by atoms with Crippen molar-refractivity contribution in [1.29, 1.82) is 0 Å². The van der Waals surface area contributed by atoms with E-state index < -0.39 is 23.8 Å². The molecule has 7 heteroatoms. The van der Waals surface area contributed by atoms with Gasteiger partial charge in [0.25, 0.3) is 0 Å². The van der Waals surface area contributed by atoms with E-state index in [0.29, 0.717) is 26.1 Å². The van der Waals surface area contributed by atoms with Gasteiger partial charge in [0, 0.05) is 24.2 Å². The standard InChI is InChI=1S/C9H13F3O3S/c10-9(11,12)7(8(13)14)5-16-6-1-3-15-4-2-6/h6-7H,1-5H2,(H,13,14). The van der Waals surface area contributed by atoms with Crippen LogP contribution in [0.5, 0.6) is 0 Å². The first kappa shape index (κ1) is 13.6. The van der Waals surface area contributed by atoms with E-state index >= 15 is 0 Å². The third-order valence-corrected chi connectivity index (χ3v) is 3.83. The molecule has 0 bridgehead atoms. The molecule has 0 saturated carbocycles. The van der Waals surface area contributed by atoms with Gasteiger partial charge in [-0.3, -0.25) is 4.79 Å². The lowest BCUT2D eigenvalue weighted by molar-refractivity contribution is -0.188. The molecule has 1 unspecified atom stereocenters. The average molecular weight is 258 g/mol. The van der Waals surface area contributed by atoms with Crippen LogP contribution in [0.25, 0.3) is 0 Å². The molecule has 0 spiro atoms. The van der Waals surface area contributed by atoms with Gasteiger partial charge in [0.1, 0.15) is 0 Å². The van der Waals surface area contributed by atoms with Crippen LogP contribution in [-0.4, -0.2) is 41.5 Å². The Labute approximate surface area is 95.3 Å². The molecule has 1 aliphatic heterocycles. The highest BCUT2D eigenvalue weighted by molar-refractivity contribution is 7.99. The van der Waals surface area contributed by atoms with Gasteiger partial charge in [-0.05, 0) is 12.8 Å². The van der Waals surface area contributed by atoms with Crippen LogP contribution in [0.3, 0.4) is 0 Å². The van der Waals surface area contributed by atoms with E-state index in [1.165, 1.54) is 0 Å². The van der Waals surface area contributed by atoms with E-state index in [0.717, 1.165) is 11.8 Å². The molecular formula is C9H13F3O3S. The molecule has 1 saturated heterocycles. The van der Waals surface area contributed by atoms with Crippen LogP contribution in [0, 0.1) is 5.92 Å². The zero-order valence-electron chi connectivity index (χ0n) is 8.50. The van der Waals surface area contributed by atoms with Crippen LogP contribution >= 0.6 is 11.8 Å². The number of hydrogen-bond acceptors (Lipinski definition) is 3. The molecular weight excluding hydrogens is 245 g/mol. The summed E-state index contributed by atoms with van der Waals surface area (Å²) in [6, 6.07) is 0. The maximum atomic E-state index is 12.3. The van der Waals surface area contributed by atoms with Crippen molar-refractivity contribution in [3.63, 3.8) is 0 Å². The summed E-state index contributed by atoms with van der Waals surface area (Å²) in [5, 5.41) is 8.56. The summed E-state index contributed by atoms with van der Waals surface area (Å²) in [5.41, 5.74) is 0. The largest absolute Gasteiger partial charge is 0.481 e. The van der Waals surface area contributed by atoms with Gasteiger partial charge >= 0.3 is 12.1 Å². The molecule has 1 heterocycles. The minimum Gasteiger partial charge on any atom is -0.481 e. The van der Waals surface area contributed by atoms with Gasteiger partial charge in [-0.1, -0.05) is 0 Å². The van der Waals surface area contributed by atoms with Gasteiger partial charge in [0.05, 0.1) is 0 Å². The summed E-state index contributed by atoms with van der Waals surface area (Å²) >= 11 is 1.08. The SMILES string of the molecule is O=C(O)C(CSC1CCOCC1)C(F)(F)F. The van der Waals surface area contributed by atoms with Crippen LogP contribution in [0.2, 0.25) is 0 Å². The van der Waals surface area contributed by atoms with Crippen LogP contribution < -0.4 is 0 Å². The molecule has 1 aliphatic rings. The van der Waals surface area contributed by atoms with Gasteiger partial charge in [0.15, 0.2) is 5.92 Å². The van der Waals surface area contributed by atoms with Crippen LogP contribution in [-0.2, 0) is 9.53 Å². The molecule has 3 nitrogen and oxygen atoms in total. The lowest BCUT2D eigenvalue weighted by Crippen LogP contribution is -2.33. The molecule has 0 amide bonds. The molecule has 0 aromatic carbocycles. The molecule has 0 aromatic heterocycles. The van der Waals surface area contributed by atoms with Gasteiger partial charge in [0.2, 0.25) is 0 Å². The Morgan fingerprint density at radius 2 is 2.00 bits per heavy atom. The Morgan fingerprint density at radius 3 is 2.44 bits per heavy atom. The first-order valence-corrected chi connectivity index (χ1v) is 5.95. The maximum absolute atomic E-state index is 12.3. The molecule has 0 aliphatic carbocycles. The van der Waals surface area contributed by atoms with E-state index in [9.17, 15) is 18.0 Å². The van der Waals surface area contributed by atoms with Crippen molar-refractivity contribution in [2.45, 2.75) is 24.3 Å². The summed E-state index contributed by atoms with van der Waals surface area (Å²) in [6.45, 7) is 1.09. The molecule has 94 valence electrons.